The Morgan fingerprint density at radius 1 is 1.06 bits per heavy atom. The van der Waals surface area contributed by atoms with Crippen LogP contribution in [0.4, 0.5) is 0 Å². The van der Waals surface area contributed by atoms with E-state index in [9.17, 15) is 0 Å². The van der Waals surface area contributed by atoms with E-state index in [-0.39, 0.29) is 0 Å². The molecule has 0 N–H and O–H groups in total. The molecule has 2 aromatic rings. The van der Waals surface area contributed by atoms with Gasteiger partial charge in [0, 0.05) is 21.4 Å². The fourth-order valence-electron chi connectivity index (χ4n) is 1.29. The van der Waals surface area contributed by atoms with Crippen LogP contribution in [-0.2, 0) is 22.9 Å². The third kappa shape index (κ3) is 4.89. The zero-order chi connectivity index (χ0) is 13.4. The average molecular weight is 397 g/mol. The molecule has 0 saturated heterocycles. The number of halogens is 3. The number of benzene rings is 2. The van der Waals surface area contributed by atoms with Gasteiger partial charge in [-0.3, -0.25) is 0 Å². The summed E-state index contributed by atoms with van der Waals surface area (Å²) in [6.07, 6.45) is 0. The minimum absolute atomic E-state index is 0.364. The minimum atomic E-state index is 0.364. The Kier molecular flexibility index (Phi) is 7.93. The molecule has 0 saturated carbocycles. The van der Waals surface area contributed by atoms with Crippen LogP contribution in [0.25, 0.3) is 0 Å². The van der Waals surface area contributed by atoms with Crippen molar-refractivity contribution in [1.29, 1.82) is 0 Å². The van der Waals surface area contributed by atoms with Crippen molar-refractivity contribution in [3.63, 3.8) is 0 Å². The van der Waals surface area contributed by atoms with Crippen molar-refractivity contribution >= 4 is 36.8 Å². The van der Waals surface area contributed by atoms with Gasteiger partial charge in [0.2, 0.25) is 0 Å². The third-order valence-corrected chi connectivity index (χ3v) is 2.84. The summed E-state index contributed by atoms with van der Waals surface area (Å²) in [4.78, 5) is 0. The molecule has 0 unspecified atom stereocenters. The number of rotatable bonds is 3. The molecule has 0 bridgehead atoms. The van der Waals surface area contributed by atoms with E-state index in [1.165, 1.54) is 16.3 Å². The first-order chi connectivity index (χ1) is 8.77. The Balaban J connectivity index is 0.000000771. The molecular formula is C13H9BrCl2OZn. The topological polar surface area (TPSA) is 9.23 Å². The second-order valence-corrected chi connectivity index (χ2v) is 4.04. The Labute approximate surface area is 133 Å². The van der Waals surface area contributed by atoms with Crippen molar-refractivity contribution in [3.05, 3.63) is 64.1 Å². The molecule has 0 aliphatic heterocycles. The molecule has 0 atom stereocenters. The summed E-state index contributed by atoms with van der Waals surface area (Å²) in [5.74, 6) is 0.773. The zero-order valence-corrected chi connectivity index (χ0v) is 15.6. The summed E-state index contributed by atoms with van der Waals surface area (Å²) >= 11 is 16.3. The van der Waals surface area contributed by atoms with Gasteiger partial charge in [0.25, 0.3) is 0 Å². The van der Waals surface area contributed by atoms with E-state index in [4.69, 9.17) is 27.9 Å². The first-order valence-corrected chi connectivity index (χ1v) is 12.8. The second kappa shape index (κ2) is 8.93. The summed E-state index contributed by atoms with van der Waals surface area (Å²) < 4.78 is 5.56. The van der Waals surface area contributed by atoms with Crippen LogP contribution in [0.5, 0.6) is 5.75 Å². The molecule has 90 valence electrons. The summed E-state index contributed by atoms with van der Waals surface area (Å²) in [7, 11) is 0. The predicted octanol–water partition coefficient (Wildman–Crippen LogP) is 5.22. The van der Waals surface area contributed by atoms with Gasteiger partial charge < -0.3 is 4.74 Å². The van der Waals surface area contributed by atoms with Gasteiger partial charge in [-0.15, -0.1) is 12.1 Å². The van der Waals surface area contributed by atoms with Crippen LogP contribution in [0.1, 0.15) is 5.56 Å². The van der Waals surface area contributed by atoms with Crippen LogP contribution in [0.2, 0.25) is 10.0 Å². The van der Waals surface area contributed by atoms with E-state index >= 15 is 0 Å². The van der Waals surface area contributed by atoms with Gasteiger partial charge in [0.15, 0.2) is 0 Å². The number of ether oxygens (including phenoxy) is 1. The first-order valence-electron chi connectivity index (χ1n) is 5.06. The summed E-state index contributed by atoms with van der Waals surface area (Å²) in [5, 5.41) is 1.24. The quantitative estimate of drug-likeness (QED) is 0.510. The van der Waals surface area contributed by atoms with Crippen LogP contribution in [0.3, 0.4) is 0 Å². The molecule has 1 nitrogen and oxygen atoms in total. The fourth-order valence-corrected chi connectivity index (χ4v) is 1.80. The van der Waals surface area contributed by atoms with Gasteiger partial charge >= 0.3 is 30.0 Å². The Hall–Kier alpha value is -0.0766. The molecule has 0 spiro atoms. The number of hydrogen-bond donors (Lipinski definition) is 0. The molecule has 0 aliphatic rings. The monoisotopic (exact) mass is 394 g/mol. The van der Waals surface area contributed by atoms with Crippen LogP contribution in [0.15, 0.2) is 42.5 Å². The van der Waals surface area contributed by atoms with Crippen LogP contribution >= 0.6 is 36.8 Å². The molecule has 18 heavy (non-hydrogen) atoms. The SMILES string of the molecule is Clc1cccc(Cl)c1COc1cc[c-]cc1.[Zn+][Br]. The fraction of sp³-hybridized carbons (Fsp3) is 0.0769. The van der Waals surface area contributed by atoms with E-state index in [0.29, 0.717) is 16.7 Å². The van der Waals surface area contributed by atoms with Gasteiger partial charge in [0.1, 0.15) is 6.61 Å². The van der Waals surface area contributed by atoms with Crippen LogP contribution in [0, 0.1) is 6.07 Å². The van der Waals surface area contributed by atoms with E-state index in [2.05, 4.69) is 19.7 Å². The molecule has 0 aromatic heterocycles. The maximum absolute atomic E-state index is 6.03. The normalized spacial score (nSPS) is 9.39. The molecule has 0 fully saturated rings. The standard InChI is InChI=1S/C13H9Cl2O.BrH.Zn/c14-12-7-4-8-13(15)11(12)9-16-10-5-2-1-3-6-10;;/h2-8H,9H2;1H;/q-1;;+2/p-1. The molecule has 0 amide bonds. The average Bonchev–Trinajstić information content (AvgIpc) is 2.42. The van der Waals surface area contributed by atoms with Crippen molar-refractivity contribution < 1.29 is 21.1 Å². The van der Waals surface area contributed by atoms with Gasteiger partial charge in [-0.1, -0.05) is 29.3 Å². The van der Waals surface area contributed by atoms with Gasteiger partial charge in [-0.25, -0.2) is 0 Å². The summed E-state index contributed by atoms with van der Waals surface area (Å²) in [6, 6.07) is 15.6. The second-order valence-electron chi connectivity index (χ2n) is 3.22. The molecule has 2 aromatic carbocycles. The molecular weight excluding hydrogens is 388 g/mol. The van der Waals surface area contributed by atoms with Gasteiger partial charge in [-0.05, 0) is 12.1 Å². The Morgan fingerprint density at radius 2 is 1.61 bits per heavy atom. The Morgan fingerprint density at radius 3 is 2.17 bits per heavy atom. The van der Waals surface area contributed by atoms with Crippen LogP contribution in [-0.4, -0.2) is 0 Å². The van der Waals surface area contributed by atoms with Crippen LogP contribution < -0.4 is 4.74 Å². The molecule has 0 radical (unpaired) electrons. The van der Waals surface area contributed by atoms with Crippen molar-refractivity contribution in [2.45, 2.75) is 6.61 Å². The number of hydrogen-bond acceptors (Lipinski definition) is 1. The Bertz CT molecular complexity index is 459. The van der Waals surface area contributed by atoms with Crippen molar-refractivity contribution in [2.24, 2.45) is 0 Å². The zero-order valence-electron chi connectivity index (χ0n) is 9.50. The first kappa shape index (κ1) is 16.0. The van der Waals surface area contributed by atoms with Gasteiger partial charge in [0.05, 0.1) is 0 Å². The van der Waals surface area contributed by atoms with Crippen molar-refractivity contribution in [3.8, 4) is 5.75 Å². The van der Waals surface area contributed by atoms with E-state index in [1.54, 1.807) is 24.3 Å². The maximum atomic E-state index is 6.03. The molecule has 5 heteroatoms. The molecule has 2 rings (SSSR count). The van der Waals surface area contributed by atoms with Crippen molar-refractivity contribution in [2.75, 3.05) is 0 Å². The molecule has 0 aliphatic carbocycles. The molecule has 0 heterocycles. The third-order valence-electron chi connectivity index (χ3n) is 2.13. The summed E-state index contributed by atoms with van der Waals surface area (Å²) in [5.41, 5.74) is 0.804. The van der Waals surface area contributed by atoms with E-state index < -0.39 is 0 Å². The van der Waals surface area contributed by atoms with E-state index in [0.717, 1.165) is 11.3 Å². The van der Waals surface area contributed by atoms with Gasteiger partial charge in [-0.2, -0.15) is 18.2 Å². The van der Waals surface area contributed by atoms with Crippen molar-refractivity contribution in [1.82, 2.24) is 0 Å². The van der Waals surface area contributed by atoms with E-state index in [1.807, 2.05) is 18.2 Å². The summed E-state index contributed by atoms with van der Waals surface area (Å²) in [6.45, 7) is 0.364. The predicted molar refractivity (Wildman–Crippen MR) is 75.0 cm³/mol.